The maximum atomic E-state index is 12.7. The summed E-state index contributed by atoms with van der Waals surface area (Å²) < 4.78 is 0. The molecule has 0 saturated carbocycles. The molecule has 144 valence electrons. The summed E-state index contributed by atoms with van der Waals surface area (Å²) in [6.45, 7) is 4.20. The molecule has 0 bridgehead atoms. The fourth-order valence-electron chi connectivity index (χ4n) is 3.05. The fourth-order valence-corrected chi connectivity index (χ4v) is 4.25. The van der Waals surface area contributed by atoms with Crippen LogP contribution in [-0.2, 0) is 0 Å². The molecule has 3 aromatic carbocycles. The zero-order valence-corrected chi connectivity index (χ0v) is 17.6. The van der Waals surface area contributed by atoms with E-state index >= 15 is 0 Å². The number of carbonyl (C=O) groups excluding carboxylic acids is 1. The number of aromatic nitrogens is 1. The third-order valence-corrected chi connectivity index (χ3v) is 6.13. The number of aryl methyl sites for hydroxylation is 2. The van der Waals surface area contributed by atoms with Crippen molar-refractivity contribution in [2.75, 3.05) is 5.32 Å². The van der Waals surface area contributed by atoms with E-state index in [0.29, 0.717) is 15.7 Å². The highest BCUT2D eigenvalue weighted by molar-refractivity contribution is 7.19. The van der Waals surface area contributed by atoms with Crippen molar-refractivity contribution in [3.05, 3.63) is 94.5 Å². The van der Waals surface area contributed by atoms with Crippen LogP contribution in [0.15, 0.2) is 72.8 Å². The number of nitrogens with zero attached hydrogens (tertiary/aromatic N) is 1. The summed E-state index contributed by atoms with van der Waals surface area (Å²) in [6, 6.07) is 23.4. The molecule has 0 unspecified atom stereocenters. The van der Waals surface area contributed by atoms with Gasteiger partial charge in [0.15, 0.2) is 5.13 Å². The van der Waals surface area contributed by atoms with Gasteiger partial charge in [-0.2, -0.15) is 0 Å². The molecule has 0 saturated heterocycles. The Hall–Kier alpha value is -2.95. The highest BCUT2D eigenvalue weighted by Gasteiger charge is 2.18. The first-order valence-electron chi connectivity index (χ1n) is 9.22. The Labute approximate surface area is 179 Å². The predicted octanol–water partition coefficient (Wildman–Crippen LogP) is 7.00. The molecule has 0 aliphatic heterocycles. The zero-order chi connectivity index (χ0) is 20.4. The monoisotopic (exact) mass is 418 g/mol. The van der Waals surface area contributed by atoms with Gasteiger partial charge in [0.1, 0.15) is 0 Å². The second kappa shape index (κ2) is 8.19. The van der Waals surface area contributed by atoms with Crippen LogP contribution in [0, 0.1) is 13.8 Å². The molecule has 0 spiro atoms. The van der Waals surface area contributed by atoms with Crippen LogP contribution < -0.4 is 5.32 Å². The molecule has 4 aromatic rings. The average molecular weight is 419 g/mol. The Balaban J connectivity index is 1.76. The van der Waals surface area contributed by atoms with Gasteiger partial charge in [-0.25, -0.2) is 4.98 Å². The molecule has 0 aliphatic carbocycles. The van der Waals surface area contributed by atoms with E-state index < -0.39 is 0 Å². The first-order valence-corrected chi connectivity index (χ1v) is 10.4. The minimum Gasteiger partial charge on any atom is -0.298 e. The van der Waals surface area contributed by atoms with Crippen LogP contribution in [-0.4, -0.2) is 10.9 Å². The van der Waals surface area contributed by atoms with Crippen LogP contribution >= 0.6 is 22.9 Å². The Morgan fingerprint density at radius 3 is 2.34 bits per heavy atom. The van der Waals surface area contributed by atoms with Gasteiger partial charge in [0.25, 0.3) is 5.91 Å². The predicted molar refractivity (Wildman–Crippen MR) is 122 cm³/mol. The molecular weight excluding hydrogens is 400 g/mol. The second-order valence-electron chi connectivity index (χ2n) is 6.80. The number of hydrogen-bond donors (Lipinski definition) is 1. The quantitative estimate of drug-likeness (QED) is 0.387. The summed E-state index contributed by atoms with van der Waals surface area (Å²) in [5.41, 5.74) is 5.84. The zero-order valence-electron chi connectivity index (χ0n) is 16.1. The van der Waals surface area contributed by atoms with Crippen LogP contribution in [0.25, 0.3) is 21.7 Å². The summed E-state index contributed by atoms with van der Waals surface area (Å²) >= 11 is 7.63. The number of benzene rings is 3. The van der Waals surface area contributed by atoms with Crippen LogP contribution in [0.1, 0.15) is 21.5 Å². The Kier molecular flexibility index (Phi) is 5.47. The van der Waals surface area contributed by atoms with Gasteiger partial charge in [0.2, 0.25) is 0 Å². The molecule has 0 aliphatic rings. The van der Waals surface area contributed by atoms with E-state index in [-0.39, 0.29) is 5.91 Å². The second-order valence-corrected chi connectivity index (χ2v) is 8.20. The van der Waals surface area contributed by atoms with Crippen molar-refractivity contribution in [1.82, 2.24) is 4.98 Å². The van der Waals surface area contributed by atoms with Gasteiger partial charge >= 0.3 is 0 Å². The van der Waals surface area contributed by atoms with Crippen molar-refractivity contribution in [2.24, 2.45) is 0 Å². The van der Waals surface area contributed by atoms with E-state index in [1.165, 1.54) is 22.5 Å². The lowest BCUT2D eigenvalue weighted by Gasteiger charge is -2.05. The molecule has 1 N–H and O–H groups in total. The molecule has 1 aromatic heterocycles. The van der Waals surface area contributed by atoms with Gasteiger partial charge in [0, 0.05) is 5.56 Å². The van der Waals surface area contributed by atoms with E-state index in [1.54, 1.807) is 24.3 Å². The fraction of sp³-hybridized carbons (Fsp3) is 0.0833. The summed E-state index contributed by atoms with van der Waals surface area (Å²) in [4.78, 5) is 18.5. The topological polar surface area (TPSA) is 42.0 Å². The molecule has 0 fully saturated rings. The molecule has 3 nitrogen and oxygen atoms in total. The number of hydrogen-bond acceptors (Lipinski definition) is 3. The van der Waals surface area contributed by atoms with Gasteiger partial charge < -0.3 is 0 Å². The first-order chi connectivity index (χ1) is 14.0. The van der Waals surface area contributed by atoms with Gasteiger partial charge in [-0.1, -0.05) is 83.6 Å². The maximum Gasteiger partial charge on any atom is 0.258 e. The van der Waals surface area contributed by atoms with Gasteiger partial charge in [-0.3, -0.25) is 10.1 Å². The summed E-state index contributed by atoms with van der Waals surface area (Å²) in [5, 5.41) is 3.87. The lowest BCUT2D eigenvalue weighted by Crippen LogP contribution is -2.12. The van der Waals surface area contributed by atoms with Crippen LogP contribution in [0.3, 0.4) is 0 Å². The highest BCUT2D eigenvalue weighted by Crippen LogP contribution is 2.39. The summed E-state index contributed by atoms with van der Waals surface area (Å²) in [7, 11) is 0. The molecule has 1 amide bonds. The van der Waals surface area contributed by atoms with Crippen molar-refractivity contribution in [3.8, 4) is 21.7 Å². The Bertz CT molecular complexity index is 1180. The van der Waals surface area contributed by atoms with Crippen molar-refractivity contribution >= 4 is 34.0 Å². The molecule has 0 radical (unpaired) electrons. The van der Waals surface area contributed by atoms with Gasteiger partial charge in [-0.05, 0) is 42.7 Å². The third-order valence-electron chi connectivity index (χ3n) is 4.78. The van der Waals surface area contributed by atoms with E-state index in [1.807, 2.05) is 30.3 Å². The van der Waals surface area contributed by atoms with E-state index in [9.17, 15) is 4.79 Å². The van der Waals surface area contributed by atoms with Crippen LogP contribution in [0.5, 0.6) is 0 Å². The van der Waals surface area contributed by atoms with Crippen LogP contribution in [0.4, 0.5) is 5.13 Å². The van der Waals surface area contributed by atoms with Crippen molar-refractivity contribution in [1.29, 1.82) is 0 Å². The average Bonchev–Trinajstić information content (AvgIpc) is 3.14. The van der Waals surface area contributed by atoms with Crippen molar-refractivity contribution in [2.45, 2.75) is 13.8 Å². The molecule has 5 heteroatoms. The minimum absolute atomic E-state index is 0.268. The number of rotatable bonds is 4. The SMILES string of the molecule is Cc1ccc(-c2sc(NC(=O)c3ccccc3Cl)nc2-c2ccccc2)cc1C. The lowest BCUT2D eigenvalue weighted by atomic mass is 10.0. The normalized spacial score (nSPS) is 10.7. The lowest BCUT2D eigenvalue weighted by molar-refractivity contribution is 0.102. The number of thiazole rings is 1. The number of halogens is 1. The van der Waals surface area contributed by atoms with E-state index in [4.69, 9.17) is 16.6 Å². The smallest absolute Gasteiger partial charge is 0.258 e. The first kappa shape index (κ1) is 19.4. The Morgan fingerprint density at radius 1 is 0.897 bits per heavy atom. The third kappa shape index (κ3) is 4.09. The Morgan fingerprint density at radius 2 is 1.62 bits per heavy atom. The largest absolute Gasteiger partial charge is 0.298 e. The van der Waals surface area contributed by atoms with Gasteiger partial charge in [-0.15, -0.1) is 0 Å². The number of anilines is 1. The summed E-state index contributed by atoms with van der Waals surface area (Å²) in [6.07, 6.45) is 0. The van der Waals surface area contributed by atoms with Gasteiger partial charge in [0.05, 0.1) is 21.2 Å². The van der Waals surface area contributed by atoms with Crippen LogP contribution in [0.2, 0.25) is 5.02 Å². The van der Waals surface area contributed by atoms with E-state index in [2.05, 4.69) is 37.4 Å². The minimum atomic E-state index is -0.268. The number of carbonyl (C=O) groups is 1. The highest BCUT2D eigenvalue weighted by atomic mass is 35.5. The van der Waals surface area contributed by atoms with Crippen molar-refractivity contribution < 1.29 is 4.79 Å². The van der Waals surface area contributed by atoms with E-state index in [0.717, 1.165) is 21.7 Å². The standard InChI is InChI=1S/C24H19ClN2OS/c1-15-12-13-18(14-16(15)2)22-21(17-8-4-3-5-9-17)26-24(29-22)27-23(28)19-10-6-7-11-20(19)25/h3-14H,1-2H3,(H,26,27,28). The molecule has 0 atom stereocenters. The van der Waals surface area contributed by atoms with Crippen molar-refractivity contribution in [3.63, 3.8) is 0 Å². The maximum absolute atomic E-state index is 12.7. The summed E-state index contributed by atoms with van der Waals surface area (Å²) in [5.74, 6) is -0.268. The number of nitrogens with one attached hydrogen (secondary N) is 1. The molecule has 29 heavy (non-hydrogen) atoms. The molecule has 4 rings (SSSR count). The molecular formula is C24H19ClN2OS. The molecule has 1 heterocycles. The number of amides is 1.